The van der Waals surface area contributed by atoms with E-state index >= 15 is 0 Å². The average molecular weight is 241 g/mol. The van der Waals surface area contributed by atoms with E-state index in [1.54, 1.807) is 11.3 Å². The van der Waals surface area contributed by atoms with Gasteiger partial charge in [0.15, 0.2) is 0 Å². The van der Waals surface area contributed by atoms with E-state index in [4.69, 9.17) is 0 Å². The van der Waals surface area contributed by atoms with Crippen LogP contribution in [-0.2, 0) is 6.54 Å². The Morgan fingerprint density at radius 1 is 1.31 bits per heavy atom. The van der Waals surface area contributed by atoms with Crippen LogP contribution in [0.15, 0.2) is 0 Å². The van der Waals surface area contributed by atoms with Crippen LogP contribution in [0.2, 0.25) is 0 Å². The Bertz CT molecular complexity index is 342. The van der Waals surface area contributed by atoms with Crippen LogP contribution >= 0.6 is 11.3 Å². The minimum atomic E-state index is 0.188. The van der Waals surface area contributed by atoms with Gasteiger partial charge in [-0.1, -0.05) is 0 Å². The van der Waals surface area contributed by atoms with Crippen LogP contribution in [0.5, 0.6) is 0 Å². The molecular formula is C12H23N3S. The van der Waals surface area contributed by atoms with Crippen molar-refractivity contribution in [1.29, 1.82) is 0 Å². The summed E-state index contributed by atoms with van der Waals surface area (Å²) in [6.07, 6.45) is 0. The van der Waals surface area contributed by atoms with Crippen molar-refractivity contribution in [1.82, 2.24) is 15.2 Å². The molecule has 0 radical (unpaired) electrons. The van der Waals surface area contributed by atoms with Crippen LogP contribution in [0.1, 0.15) is 29.4 Å². The van der Waals surface area contributed by atoms with Crippen molar-refractivity contribution in [3.8, 4) is 0 Å². The van der Waals surface area contributed by atoms with Gasteiger partial charge in [0.2, 0.25) is 0 Å². The molecule has 3 nitrogen and oxygen atoms in total. The van der Waals surface area contributed by atoms with Crippen molar-refractivity contribution < 1.29 is 0 Å². The molecule has 0 amide bonds. The molecule has 4 heteroatoms. The lowest BCUT2D eigenvalue weighted by Gasteiger charge is -2.32. The summed E-state index contributed by atoms with van der Waals surface area (Å²) in [5.74, 6) is 0. The minimum absolute atomic E-state index is 0.188. The minimum Gasteiger partial charge on any atom is -0.310 e. The second kappa shape index (κ2) is 5.25. The van der Waals surface area contributed by atoms with Gasteiger partial charge in [0.25, 0.3) is 0 Å². The molecule has 0 aliphatic rings. The predicted octanol–water partition coefficient (Wildman–Crippen LogP) is 2.19. The van der Waals surface area contributed by atoms with Crippen LogP contribution in [-0.4, -0.2) is 36.1 Å². The zero-order chi connectivity index (χ0) is 12.3. The highest BCUT2D eigenvalue weighted by atomic mass is 32.1. The third kappa shape index (κ3) is 3.54. The fourth-order valence-corrected chi connectivity index (χ4v) is 2.28. The van der Waals surface area contributed by atoms with Crippen LogP contribution in [0.25, 0.3) is 0 Å². The predicted molar refractivity (Wildman–Crippen MR) is 71.1 cm³/mol. The second-order valence-electron chi connectivity index (χ2n) is 5.05. The quantitative estimate of drug-likeness (QED) is 0.856. The Labute approximate surface area is 103 Å². The number of thiazole rings is 1. The molecule has 0 spiro atoms. The van der Waals surface area contributed by atoms with Gasteiger partial charge < -0.3 is 10.2 Å². The molecular weight excluding hydrogens is 218 g/mol. The number of hydrogen-bond acceptors (Lipinski definition) is 4. The number of aromatic nitrogens is 1. The Kier molecular flexibility index (Phi) is 4.47. The SMILES string of the molecule is Cc1nc(C)c(CNCC(C)(C)N(C)C)s1. The van der Waals surface area contributed by atoms with Gasteiger partial charge in [-0.05, 0) is 41.8 Å². The fourth-order valence-electron chi connectivity index (χ4n) is 1.38. The summed E-state index contributed by atoms with van der Waals surface area (Å²) in [6.45, 7) is 10.5. The van der Waals surface area contributed by atoms with Crippen LogP contribution < -0.4 is 5.32 Å². The zero-order valence-corrected chi connectivity index (χ0v) is 12.0. The van der Waals surface area contributed by atoms with E-state index in [1.165, 1.54) is 4.88 Å². The lowest BCUT2D eigenvalue weighted by Crippen LogP contribution is -2.46. The number of rotatable bonds is 5. The summed E-state index contributed by atoms with van der Waals surface area (Å²) in [6, 6.07) is 0. The molecule has 0 unspecified atom stereocenters. The first-order chi connectivity index (χ1) is 7.33. The van der Waals surface area contributed by atoms with Crippen molar-refractivity contribution in [2.45, 2.75) is 39.8 Å². The standard InChI is InChI=1S/C12H23N3S/c1-9-11(16-10(2)14-9)7-13-8-12(3,4)15(5)6/h13H,7-8H2,1-6H3. The molecule has 0 fully saturated rings. The summed E-state index contributed by atoms with van der Waals surface area (Å²) in [7, 11) is 4.23. The van der Waals surface area contributed by atoms with E-state index in [-0.39, 0.29) is 5.54 Å². The monoisotopic (exact) mass is 241 g/mol. The molecule has 0 saturated heterocycles. The lowest BCUT2D eigenvalue weighted by atomic mass is 10.0. The highest BCUT2D eigenvalue weighted by Crippen LogP contribution is 2.17. The van der Waals surface area contributed by atoms with E-state index < -0.39 is 0 Å². The third-order valence-corrected chi connectivity index (χ3v) is 4.13. The number of aryl methyl sites for hydroxylation is 2. The van der Waals surface area contributed by atoms with E-state index in [9.17, 15) is 0 Å². The molecule has 1 rings (SSSR count). The highest BCUT2D eigenvalue weighted by molar-refractivity contribution is 7.11. The smallest absolute Gasteiger partial charge is 0.0900 e. The van der Waals surface area contributed by atoms with Gasteiger partial charge in [-0.3, -0.25) is 0 Å². The lowest BCUT2D eigenvalue weighted by molar-refractivity contribution is 0.190. The maximum absolute atomic E-state index is 4.43. The summed E-state index contributed by atoms with van der Waals surface area (Å²) < 4.78 is 0. The topological polar surface area (TPSA) is 28.2 Å². The summed E-state index contributed by atoms with van der Waals surface area (Å²) >= 11 is 1.79. The molecule has 0 aliphatic heterocycles. The molecule has 0 bridgehead atoms. The Morgan fingerprint density at radius 2 is 1.94 bits per heavy atom. The molecule has 0 atom stereocenters. The Balaban J connectivity index is 2.44. The molecule has 1 N–H and O–H groups in total. The normalized spacial score (nSPS) is 12.4. The van der Waals surface area contributed by atoms with E-state index in [0.717, 1.165) is 23.8 Å². The highest BCUT2D eigenvalue weighted by Gasteiger charge is 2.19. The molecule has 1 heterocycles. The van der Waals surface area contributed by atoms with Gasteiger partial charge in [0.05, 0.1) is 10.7 Å². The van der Waals surface area contributed by atoms with Gasteiger partial charge >= 0.3 is 0 Å². The van der Waals surface area contributed by atoms with Crippen LogP contribution in [0.3, 0.4) is 0 Å². The third-order valence-electron chi connectivity index (χ3n) is 3.05. The van der Waals surface area contributed by atoms with Gasteiger partial charge in [-0.2, -0.15) is 0 Å². The molecule has 0 aliphatic carbocycles. The number of nitrogens with zero attached hydrogens (tertiary/aromatic N) is 2. The summed E-state index contributed by atoms with van der Waals surface area (Å²) in [4.78, 5) is 8.02. The molecule has 0 aromatic carbocycles. The largest absolute Gasteiger partial charge is 0.310 e. The molecule has 1 aromatic heterocycles. The fraction of sp³-hybridized carbons (Fsp3) is 0.750. The van der Waals surface area contributed by atoms with Crippen molar-refractivity contribution in [3.05, 3.63) is 15.6 Å². The van der Waals surface area contributed by atoms with Gasteiger partial charge in [0.1, 0.15) is 0 Å². The Morgan fingerprint density at radius 3 is 2.38 bits per heavy atom. The van der Waals surface area contributed by atoms with Gasteiger partial charge in [-0.15, -0.1) is 11.3 Å². The van der Waals surface area contributed by atoms with Crippen molar-refractivity contribution in [3.63, 3.8) is 0 Å². The Hall–Kier alpha value is -0.450. The zero-order valence-electron chi connectivity index (χ0n) is 11.2. The number of nitrogens with one attached hydrogen (secondary N) is 1. The van der Waals surface area contributed by atoms with Crippen molar-refractivity contribution in [2.75, 3.05) is 20.6 Å². The molecule has 1 aromatic rings. The van der Waals surface area contributed by atoms with Crippen LogP contribution in [0, 0.1) is 13.8 Å². The summed E-state index contributed by atoms with van der Waals surface area (Å²) in [5.41, 5.74) is 1.35. The maximum atomic E-state index is 4.43. The average Bonchev–Trinajstić information content (AvgIpc) is 2.44. The maximum Gasteiger partial charge on any atom is 0.0900 e. The van der Waals surface area contributed by atoms with E-state index in [2.05, 4.69) is 57.0 Å². The first-order valence-corrected chi connectivity index (χ1v) is 6.45. The second-order valence-corrected chi connectivity index (χ2v) is 6.34. The van der Waals surface area contributed by atoms with Crippen LogP contribution in [0.4, 0.5) is 0 Å². The number of hydrogen-bond donors (Lipinski definition) is 1. The van der Waals surface area contributed by atoms with Gasteiger partial charge in [-0.25, -0.2) is 4.98 Å². The van der Waals surface area contributed by atoms with Crippen molar-refractivity contribution >= 4 is 11.3 Å². The molecule has 16 heavy (non-hydrogen) atoms. The summed E-state index contributed by atoms with van der Waals surface area (Å²) in [5, 5.41) is 4.66. The molecule has 92 valence electrons. The van der Waals surface area contributed by atoms with Gasteiger partial charge in [0, 0.05) is 23.5 Å². The van der Waals surface area contributed by atoms with E-state index in [0.29, 0.717) is 0 Å². The van der Waals surface area contributed by atoms with E-state index in [1.807, 2.05) is 0 Å². The number of likely N-dealkylation sites (N-methyl/N-ethyl adjacent to an activating group) is 1. The molecule has 0 saturated carbocycles. The first kappa shape index (κ1) is 13.6. The van der Waals surface area contributed by atoms with Crippen molar-refractivity contribution in [2.24, 2.45) is 0 Å². The first-order valence-electron chi connectivity index (χ1n) is 5.64.